The summed E-state index contributed by atoms with van der Waals surface area (Å²) in [5.41, 5.74) is 1.37. The zero-order chi connectivity index (χ0) is 21.8. The van der Waals surface area contributed by atoms with E-state index < -0.39 is 25.9 Å². The van der Waals surface area contributed by atoms with Gasteiger partial charge in [-0.2, -0.15) is 0 Å². The summed E-state index contributed by atoms with van der Waals surface area (Å²) in [6.45, 7) is 2.49. The summed E-state index contributed by atoms with van der Waals surface area (Å²) in [6.07, 6.45) is 1.10. The van der Waals surface area contributed by atoms with Crippen LogP contribution in [-0.2, 0) is 19.9 Å². The largest absolute Gasteiger partial charge is 0.351 e. The van der Waals surface area contributed by atoms with Crippen molar-refractivity contribution >= 4 is 25.8 Å². The average molecular weight is 451 g/mol. The quantitative estimate of drug-likeness (QED) is 0.640. The molecule has 1 aliphatic heterocycles. The second kappa shape index (κ2) is 9.28. The third-order valence-corrected chi connectivity index (χ3v) is 8.52. The minimum atomic E-state index is -3.92. The Hall–Kier alpha value is -2.23. The first-order chi connectivity index (χ1) is 14.2. The lowest BCUT2D eigenvalue weighted by atomic mass is 9.96. The first kappa shape index (κ1) is 22.5. The summed E-state index contributed by atoms with van der Waals surface area (Å²) in [4.78, 5) is 12.5. The van der Waals surface area contributed by atoms with E-state index in [2.05, 4.69) is 10.0 Å². The van der Waals surface area contributed by atoms with Crippen LogP contribution in [0.15, 0.2) is 59.5 Å². The molecule has 1 amide bonds. The van der Waals surface area contributed by atoms with Crippen molar-refractivity contribution in [2.45, 2.75) is 36.6 Å². The molecule has 2 N–H and O–H groups in total. The third kappa shape index (κ3) is 5.68. The van der Waals surface area contributed by atoms with E-state index in [0.29, 0.717) is 6.54 Å². The fourth-order valence-corrected chi connectivity index (χ4v) is 6.62. The molecule has 1 aliphatic rings. The topological polar surface area (TPSA) is 109 Å². The second-order valence-electron chi connectivity index (χ2n) is 7.47. The molecule has 0 aromatic heterocycles. The lowest BCUT2D eigenvalue weighted by molar-refractivity contribution is 0.0950. The highest BCUT2D eigenvalue weighted by atomic mass is 32.2. The number of carbonyl (C=O) groups is 1. The van der Waals surface area contributed by atoms with Crippen molar-refractivity contribution in [3.8, 4) is 0 Å². The van der Waals surface area contributed by atoms with Gasteiger partial charge in [-0.15, -0.1) is 0 Å². The van der Waals surface area contributed by atoms with Gasteiger partial charge in [-0.3, -0.25) is 4.79 Å². The molecule has 30 heavy (non-hydrogen) atoms. The number of hydrogen-bond acceptors (Lipinski definition) is 5. The van der Waals surface area contributed by atoms with Crippen LogP contribution in [0.3, 0.4) is 0 Å². The molecule has 2 aromatic carbocycles. The van der Waals surface area contributed by atoms with Crippen LogP contribution in [0.4, 0.5) is 0 Å². The molecule has 2 aromatic rings. The Bertz CT molecular complexity index is 1100. The number of hydrogen-bond donors (Lipinski definition) is 2. The van der Waals surface area contributed by atoms with Crippen LogP contribution < -0.4 is 10.0 Å². The minimum absolute atomic E-state index is 0.0252. The van der Waals surface area contributed by atoms with Crippen molar-refractivity contribution in [1.82, 2.24) is 10.0 Å². The molecule has 0 spiro atoms. The smallest absolute Gasteiger partial charge is 0.251 e. The lowest BCUT2D eigenvalue weighted by Crippen LogP contribution is -2.35. The van der Waals surface area contributed by atoms with Gasteiger partial charge in [0.2, 0.25) is 10.0 Å². The van der Waals surface area contributed by atoms with Gasteiger partial charge in [0.1, 0.15) is 0 Å². The van der Waals surface area contributed by atoms with Gasteiger partial charge in [0.25, 0.3) is 5.91 Å². The molecule has 0 bridgehead atoms. The first-order valence-corrected chi connectivity index (χ1v) is 13.2. The van der Waals surface area contributed by atoms with Crippen LogP contribution >= 0.6 is 0 Å². The number of nitrogens with one attached hydrogen (secondary N) is 2. The van der Waals surface area contributed by atoms with E-state index >= 15 is 0 Å². The normalized spacial score (nSPS) is 19.3. The summed E-state index contributed by atoms with van der Waals surface area (Å²) in [7, 11) is -7.13. The monoisotopic (exact) mass is 450 g/mol. The van der Waals surface area contributed by atoms with Crippen LogP contribution in [0, 0.1) is 0 Å². The van der Waals surface area contributed by atoms with Crippen LogP contribution in [0.25, 0.3) is 0 Å². The van der Waals surface area contributed by atoms with Crippen LogP contribution in [-0.4, -0.2) is 46.8 Å². The maximum Gasteiger partial charge on any atom is 0.251 e. The van der Waals surface area contributed by atoms with Crippen molar-refractivity contribution in [3.05, 3.63) is 65.7 Å². The molecule has 1 heterocycles. The molecule has 0 aliphatic carbocycles. The van der Waals surface area contributed by atoms with Gasteiger partial charge in [-0.25, -0.2) is 21.6 Å². The predicted octanol–water partition coefficient (Wildman–Crippen LogP) is 2.08. The zero-order valence-electron chi connectivity index (χ0n) is 16.7. The van der Waals surface area contributed by atoms with Gasteiger partial charge in [-0.05, 0) is 36.6 Å². The molecule has 0 saturated carbocycles. The standard InChI is InChI=1S/C21H26N2O5S2/c1-2-16(17-7-4-3-5-8-17)14-22-21(24)18-9-6-10-20(13-18)30(27,28)23-19-11-12-29(25,26)15-19/h3-10,13,16,19,23H,2,11-12,14-15H2,1H3,(H,22,24)/t16-,19-/m0/s1. The maximum atomic E-state index is 12.6. The average Bonchev–Trinajstić information content (AvgIpc) is 3.06. The van der Waals surface area contributed by atoms with Crippen LogP contribution in [0.1, 0.15) is 41.6 Å². The lowest BCUT2D eigenvalue weighted by Gasteiger charge is -2.16. The maximum absolute atomic E-state index is 12.6. The van der Waals surface area contributed by atoms with Gasteiger partial charge in [0.05, 0.1) is 16.4 Å². The molecule has 7 nitrogen and oxygen atoms in total. The van der Waals surface area contributed by atoms with Gasteiger partial charge >= 0.3 is 0 Å². The van der Waals surface area contributed by atoms with Crippen molar-refractivity contribution < 1.29 is 21.6 Å². The molecule has 2 atom stereocenters. The van der Waals surface area contributed by atoms with Crippen LogP contribution in [0.2, 0.25) is 0 Å². The summed E-state index contributed by atoms with van der Waals surface area (Å²) >= 11 is 0. The third-order valence-electron chi connectivity index (χ3n) is 5.23. The van der Waals surface area contributed by atoms with Crippen LogP contribution in [0.5, 0.6) is 0 Å². The van der Waals surface area contributed by atoms with E-state index in [0.717, 1.165) is 12.0 Å². The van der Waals surface area contributed by atoms with E-state index in [1.54, 1.807) is 6.07 Å². The van der Waals surface area contributed by atoms with Gasteiger partial charge in [0, 0.05) is 24.1 Å². The molecule has 9 heteroatoms. The Kier molecular flexibility index (Phi) is 6.95. The number of sulfone groups is 1. The molecule has 0 unspecified atom stereocenters. The van der Waals surface area contributed by atoms with Crippen molar-refractivity contribution in [2.24, 2.45) is 0 Å². The van der Waals surface area contributed by atoms with Gasteiger partial charge in [-0.1, -0.05) is 43.3 Å². The summed E-state index contributed by atoms with van der Waals surface area (Å²) in [5.74, 6) is -0.426. The zero-order valence-corrected chi connectivity index (χ0v) is 18.4. The van der Waals surface area contributed by atoms with E-state index in [4.69, 9.17) is 0 Å². The molecular weight excluding hydrogens is 424 g/mol. The number of benzene rings is 2. The fraction of sp³-hybridized carbons (Fsp3) is 0.381. The van der Waals surface area contributed by atoms with E-state index in [1.165, 1.54) is 18.2 Å². The van der Waals surface area contributed by atoms with Crippen molar-refractivity contribution in [2.75, 3.05) is 18.1 Å². The number of amides is 1. The Labute approximate surface area is 177 Å². The van der Waals surface area contributed by atoms with Crippen molar-refractivity contribution in [1.29, 1.82) is 0 Å². The Morgan fingerprint density at radius 3 is 2.50 bits per heavy atom. The highest BCUT2D eigenvalue weighted by Gasteiger charge is 2.31. The Morgan fingerprint density at radius 2 is 1.87 bits per heavy atom. The van der Waals surface area contributed by atoms with Crippen molar-refractivity contribution in [3.63, 3.8) is 0 Å². The molecule has 162 valence electrons. The van der Waals surface area contributed by atoms with E-state index in [1.807, 2.05) is 37.3 Å². The first-order valence-electron chi connectivity index (χ1n) is 9.86. The molecule has 1 saturated heterocycles. The summed E-state index contributed by atoms with van der Waals surface area (Å²) < 4.78 is 50.8. The van der Waals surface area contributed by atoms with Gasteiger partial charge < -0.3 is 5.32 Å². The molecule has 1 fully saturated rings. The fourth-order valence-electron chi connectivity index (χ4n) is 3.52. The highest BCUT2D eigenvalue weighted by molar-refractivity contribution is 7.92. The summed E-state index contributed by atoms with van der Waals surface area (Å²) in [6, 6.07) is 15.0. The molecular formula is C21H26N2O5S2. The molecule has 3 rings (SSSR count). The minimum Gasteiger partial charge on any atom is -0.351 e. The Balaban J connectivity index is 1.67. The summed E-state index contributed by atoms with van der Waals surface area (Å²) in [5, 5.41) is 2.88. The second-order valence-corrected chi connectivity index (χ2v) is 11.4. The molecule has 0 radical (unpaired) electrons. The number of rotatable bonds is 8. The highest BCUT2D eigenvalue weighted by Crippen LogP contribution is 2.19. The SMILES string of the molecule is CC[C@@H](CNC(=O)c1cccc(S(=O)(=O)N[C@H]2CCS(=O)(=O)C2)c1)c1ccccc1. The number of sulfonamides is 1. The van der Waals surface area contributed by atoms with Gasteiger partial charge in [0.15, 0.2) is 9.84 Å². The Morgan fingerprint density at radius 1 is 1.13 bits per heavy atom. The predicted molar refractivity (Wildman–Crippen MR) is 116 cm³/mol. The van der Waals surface area contributed by atoms with E-state index in [9.17, 15) is 21.6 Å². The number of carbonyl (C=O) groups excluding carboxylic acids is 1. The van der Waals surface area contributed by atoms with E-state index in [-0.39, 0.29) is 40.2 Å².